The first-order valence-corrected chi connectivity index (χ1v) is 5.94. The van der Waals surface area contributed by atoms with Crippen LogP contribution in [0.3, 0.4) is 0 Å². The van der Waals surface area contributed by atoms with Crippen LogP contribution in [0.1, 0.15) is 5.69 Å². The maximum absolute atomic E-state index is 11.6. The van der Waals surface area contributed by atoms with E-state index in [2.05, 4.69) is 10.2 Å². The summed E-state index contributed by atoms with van der Waals surface area (Å²) in [5.74, 6) is 0.119. The zero-order chi connectivity index (χ0) is 10.3. The average Bonchev–Trinajstić information content (AvgIpc) is 2.12. The van der Waals surface area contributed by atoms with Crippen LogP contribution in [0.5, 0.6) is 0 Å². The standard InChI is InChI=1S/C8H11N3O2S/c1-6-5-7-8(10-9-6)14(12,13)4-3-11(7)2/h5H,3-4H2,1-2H3. The molecular weight excluding hydrogens is 202 g/mol. The van der Waals surface area contributed by atoms with Crippen LogP contribution in [0, 0.1) is 6.92 Å². The number of nitrogens with zero attached hydrogens (tertiary/aromatic N) is 3. The Bertz CT molecular complexity index is 469. The van der Waals surface area contributed by atoms with Gasteiger partial charge in [0.05, 0.1) is 17.1 Å². The van der Waals surface area contributed by atoms with E-state index in [0.29, 0.717) is 12.2 Å². The summed E-state index contributed by atoms with van der Waals surface area (Å²) in [6, 6.07) is 1.75. The van der Waals surface area contributed by atoms with Crippen molar-refractivity contribution in [3.8, 4) is 0 Å². The second-order valence-electron chi connectivity index (χ2n) is 3.42. The molecule has 0 aromatic carbocycles. The number of sulfone groups is 1. The van der Waals surface area contributed by atoms with Crippen molar-refractivity contribution < 1.29 is 8.42 Å². The van der Waals surface area contributed by atoms with Crippen LogP contribution in [-0.2, 0) is 9.84 Å². The minimum Gasteiger partial charge on any atom is -0.371 e. The van der Waals surface area contributed by atoms with Crippen LogP contribution in [-0.4, -0.2) is 38.0 Å². The highest BCUT2D eigenvalue weighted by Crippen LogP contribution is 2.26. The zero-order valence-corrected chi connectivity index (χ0v) is 8.87. The zero-order valence-electron chi connectivity index (χ0n) is 8.06. The summed E-state index contributed by atoms with van der Waals surface area (Å²) >= 11 is 0. The van der Waals surface area contributed by atoms with Gasteiger partial charge in [-0.1, -0.05) is 0 Å². The van der Waals surface area contributed by atoms with Crippen LogP contribution in [0.15, 0.2) is 11.1 Å². The van der Waals surface area contributed by atoms with Crippen LogP contribution >= 0.6 is 0 Å². The van der Waals surface area contributed by atoms with E-state index >= 15 is 0 Å². The van der Waals surface area contributed by atoms with Crippen molar-refractivity contribution >= 4 is 15.5 Å². The molecule has 14 heavy (non-hydrogen) atoms. The number of rotatable bonds is 0. The van der Waals surface area contributed by atoms with Gasteiger partial charge in [0.2, 0.25) is 14.9 Å². The number of hydrogen-bond acceptors (Lipinski definition) is 5. The number of fused-ring (bicyclic) bond motifs is 1. The van der Waals surface area contributed by atoms with E-state index in [1.54, 1.807) is 13.0 Å². The molecule has 0 amide bonds. The summed E-state index contributed by atoms with van der Waals surface area (Å²) in [6.07, 6.45) is 0. The minimum absolute atomic E-state index is 0.108. The van der Waals surface area contributed by atoms with Crippen molar-refractivity contribution in [3.05, 3.63) is 11.8 Å². The maximum atomic E-state index is 11.6. The molecular formula is C8H11N3O2S. The molecule has 0 unspecified atom stereocenters. The molecule has 0 spiro atoms. The van der Waals surface area contributed by atoms with Gasteiger partial charge >= 0.3 is 0 Å². The Hall–Kier alpha value is -1.17. The molecule has 0 aliphatic carbocycles. The monoisotopic (exact) mass is 213 g/mol. The SMILES string of the molecule is Cc1cc2c(nn1)S(=O)(=O)CCN2C. The molecule has 6 heteroatoms. The van der Waals surface area contributed by atoms with Crippen LogP contribution in [0.2, 0.25) is 0 Å². The third-order valence-electron chi connectivity index (χ3n) is 2.26. The maximum Gasteiger partial charge on any atom is 0.201 e. The summed E-state index contributed by atoms with van der Waals surface area (Å²) in [5.41, 5.74) is 1.39. The Morgan fingerprint density at radius 2 is 2.14 bits per heavy atom. The number of hydrogen-bond donors (Lipinski definition) is 0. The molecule has 76 valence electrons. The van der Waals surface area contributed by atoms with Gasteiger partial charge in [0.15, 0.2) is 0 Å². The lowest BCUT2D eigenvalue weighted by Crippen LogP contribution is -2.33. The molecule has 1 aromatic heterocycles. The highest BCUT2D eigenvalue weighted by molar-refractivity contribution is 7.91. The molecule has 1 aliphatic rings. The van der Waals surface area contributed by atoms with Gasteiger partial charge in [0, 0.05) is 13.6 Å². The van der Waals surface area contributed by atoms with E-state index in [-0.39, 0.29) is 10.8 Å². The molecule has 0 atom stereocenters. The lowest BCUT2D eigenvalue weighted by Gasteiger charge is -2.25. The second kappa shape index (κ2) is 2.91. The lowest BCUT2D eigenvalue weighted by atomic mass is 10.3. The van der Waals surface area contributed by atoms with Crippen LogP contribution in [0.4, 0.5) is 5.69 Å². The number of anilines is 1. The molecule has 5 nitrogen and oxygen atoms in total. The lowest BCUT2D eigenvalue weighted by molar-refractivity contribution is 0.584. The highest BCUT2D eigenvalue weighted by atomic mass is 32.2. The van der Waals surface area contributed by atoms with Gasteiger partial charge < -0.3 is 4.90 Å². The first kappa shape index (κ1) is 9.39. The van der Waals surface area contributed by atoms with Gasteiger partial charge in [-0.15, -0.1) is 5.10 Å². The number of aryl methyl sites for hydroxylation is 1. The van der Waals surface area contributed by atoms with E-state index in [9.17, 15) is 8.42 Å². The molecule has 0 saturated heterocycles. The van der Waals surface area contributed by atoms with Crippen molar-refractivity contribution in [2.75, 3.05) is 24.2 Å². The Labute approximate surface area is 82.7 Å². The van der Waals surface area contributed by atoms with Gasteiger partial charge in [-0.05, 0) is 13.0 Å². The summed E-state index contributed by atoms with van der Waals surface area (Å²) in [7, 11) is -1.35. The summed E-state index contributed by atoms with van der Waals surface area (Å²) in [5, 5.41) is 7.62. The molecule has 2 rings (SSSR count). The first-order valence-electron chi connectivity index (χ1n) is 4.29. The van der Waals surface area contributed by atoms with E-state index in [1.807, 2.05) is 11.9 Å². The Morgan fingerprint density at radius 3 is 2.86 bits per heavy atom. The third-order valence-corrected chi connectivity index (χ3v) is 3.86. The molecule has 1 aliphatic heterocycles. The van der Waals surface area contributed by atoms with E-state index in [0.717, 1.165) is 5.69 Å². The second-order valence-corrected chi connectivity index (χ2v) is 5.44. The average molecular weight is 213 g/mol. The largest absolute Gasteiger partial charge is 0.371 e. The molecule has 0 radical (unpaired) electrons. The van der Waals surface area contributed by atoms with Crippen molar-refractivity contribution in [1.29, 1.82) is 0 Å². The molecule has 0 N–H and O–H groups in total. The van der Waals surface area contributed by atoms with Crippen LogP contribution < -0.4 is 4.90 Å². The highest BCUT2D eigenvalue weighted by Gasteiger charge is 2.28. The van der Waals surface area contributed by atoms with Gasteiger partial charge in [-0.2, -0.15) is 5.10 Å². The van der Waals surface area contributed by atoms with Gasteiger partial charge in [-0.25, -0.2) is 8.42 Å². The molecule has 0 saturated carbocycles. The Balaban J connectivity index is 2.69. The summed E-state index contributed by atoms with van der Waals surface area (Å²) < 4.78 is 23.2. The Kier molecular flexibility index (Phi) is 1.95. The van der Waals surface area contributed by atoms with Gasteiger partial charge in [-0.3, -0.25) is 0 Å². The predicted molar refractivity (Wildman–Crippen MR) is 52.1 cm³/mol. The molecule has 0 fully saturated rings. The van der Waals surface area contributed by atoms with E-state index in [4.69, 9.17) is 0 Å². The van der Waals surface area contributed by atoms with Crippen molar-refractivity contribution in [2.45, 2.75) is 11.9 Å². The normalized spacial score (nSPS) is 19.1. The van der Waals surface area contributed by atoms with E-state index < -0.39 is 9.84 Å². The fraction of sp³-hybridized carbons (Fsp3) is 0.500. The molecule has 2 heterocycles. The van der Waals surface area contributed by atoms with Gasteiger partial charge in [0.1, 0.15) is 0 Å². The first-order chi connectivity index (χ1) is 6.50. The van der Waals surface area contributed by atoms with Crippen molar-refractivity contribution in [2.24, 2.45) is 0 Å². The molecule has 1 aromatic rings. The number of aromatic nitrogens is 2. The topological polar surface area (TPSA) is 63.2 Å². The quantitative estimate of drug-likeness (QED) is 0.607. The third kappa shape index (κ3) is 1.35. The fourth-order valence-corrected chi connectivity index (χ4v) is 2.84. The van der Waals surface area contributed by atoms with Crippen LogP contribution in [0.25, 0.3) is 0 Å². The van der Waals surface area contributed by atoms with Crippen molar-refractivity contribution in [1.82, 2.24) is 10.2 Å². The minimum atomic E-state index is -3.21. The van der Waals surface area contributed by atoms with Crippen molar-refractivity contribution in [3.63, 3.8) is 0 Å². The smallest absolute Gasteiger partial charge is 0.201 e. The summed E-state index contributed by atoms with van der Waals surface area (Å²) in [4.78, 5) is 1.89. The molecule has 0 bridgehead atoms. The summed E-state index contributed by atoms with van der Waals surface area (Å²) in [6.45, 7) is 2.31. The fourth-order valence-electron chi connectivity index (χ4n) is 1.43. The Morgan fingerprint density at radius 1 is 1.43 bits per heavy atom. The van der Waals surface area contributed by atoms with E-state index in [1.165, 1.54) is 0 Å². The van der Waals surface area contributed by atoms with Gasteiger partial charge in [0.25, 0.3) is 0 Å². The predicted octanol–water partition coefficient (Wildman–Crippen LogP) is 0.00852.